The standard InChI is InChI=1S/C12H14FNO2/c1-2-8-5-6-14(8)12(16)10-4-3-9(15)7-11(10)13/h3-4,7-8,15H,2,5-6H2,1H3. The summed E-state index contributed by atoms with van der Waals surface area (Å²) in [6, 6.07) is 3.86. The molecule has 0 aromatic heterocycles. The number of phenolic OH excluding ortho intramolecular Hbond substituents is 1. The summed E-state index contributed by atoms with van der Waals surface area (Å²) in [6.07, 6.45) is 1.88. The first kappa shape index (κ1) is 10.9. The number of nitrogens with zero attached hydrogens (tertiary/aromatic N) is 1. The number of hydrogen-bond acceptors (Lipinski definition) is 2. The minimum atomic E-state index is -0.660. The van der Waals surface area contributed by atoms with Crippen LogP contribution in [0.25, 0.3) is 0 Å². The molecule has 1 N–H and O–H groups in total. The van der Waals surface area contributed by atoms with Gasteiger partial charge in [-0.2, -0.15) is 0 Å². The van der Waals surface area contributed by atoms with E-state index in [0.717, 1.165) is 18.9 Å². The SMILES string of the molecule is CCC1CCN1C(=O)c1ccc(O)cc1F. The maximum atomic E-state index is 13.4. The highest BCUT2D eigenvalue weighted by atomic mass is 19.1. The van der Waals surface area contributed by atoms with Crippen LogP contribution >= 0.6 is 0 Å². The molecule has 1 aromatic rings. The molecule has 0 radical (unpaired) electrons. The highest BCUT2D eigenvalue weighted by Crippen LogP contribution is 2.24. The number of aromatic hydroxyl groups is 1. The summed E-state index contributed by atoms with van der Waals surface area (Å²) < 4.78 is 13.4. The first-order chi connectivity index (χ1) is 7.63. The van der Waals surface area contributed by atoms with Crippen molar-refractivity contribution in [3.8, 4) is 5.75 Å². The Morgan fingerprint density at radius 3 is 2.88 bits per heavy atom. The van der Waals surface area contributed by atoms with Crippen molar-refractivity contribution in [1.82, 2.24) is 4.90 Å². The largest absolute Gasteiger partial charge is 0.508 e. The summed E-state index contributed by atoms with van der Waals surface area (Å²) in [5.41, 5.74) is 0.0379. The Hall–Kier alpha value is -1.58. The summed E-state index contributed by atoms with van der Waals surface area (Å²) >= 11 is 0. The van der Waals surface area contributed by atoms with Gasteiger partial charge >= 0.3 is 0 Å². The number of hydrogen-bond donors (Lipinski definition) is 1. The van der Waals surface area contributed by atoms with Crippen molar-refractivity contribution in [3.05, 3.63) is 29.6 Å². The predicted octanol–water partition coefficient (Wildman–Crippen LogP) is 2.16. The van der Waals surface area contributed by atoms with Crippen LogP contribution in [0.2, 0.25) is 0 Å². The molecule has 1 atom stereocenters. The van der Waals surface area contributed by atoms with Gasteiger partial charge < -0.3 is 10.0 Å². The van der Waals surface area contributed by atoms with E-state index < -0.39 is 5.82 Å². The molecule has 1 saturated heterocycles. The molecule has 1 aromatic carbocycles. The molecule has 1 aliphatic rings. The van der Waals surface area contributed by atoms with Crippen molar-refractivity contribution >= 4 is 5.91 Å². The van der Waals surface area contributed by atoms with E-state index in [1.807, 2.05) is 6.92 Å². The Morgan fingerprint density at radius 2 is 2.38 bits per heavy atom. The van der Waals surface area contributed by atoms with Gasteiger partial charge in [0.15, 0.2) is 0 Å². The van der Waals surface area contributed by atoms with Gasteiger partial charge in [-0.15, -0.1) is 0 Å². The molecule has 16 heavy (non-hydrogen) atoms. The van der Waals surface area contributed by atoms with Gasteiger partial charge in [-0.25, -0.2) is 4.39 Å². The van der Waals surface area contributed by atoms with Crippen molar-refractivity contribution in [3.63, 3.8) is 0 Å². The summed E-state index contributed by atoms with van der Waals surface area (Å²) in [7, 11) is 0. The maximum absolute atomic E-state index is 13.4. The average Bonchev–Trinajstić information content (AvgIpc) is 2.16. The van der Waals surface area contributed by atoms with Gasteiger partial charge in [-0.3, -0.25) is 4.79 Å². The normalized spacial score (nSPS) is 19.4. The van der Waals surface area contributed by atoms with E-state index in [0.29, 0.717) is 6.54 Å². The van der Waals surface area contributed by atoms with Gasteiger partial charge in [0, 0.05) is 18.7 Å². The number of phenols is 1. The monoisotopic (exact) mass is 223 g/mol. The van der Waals surface area contributed by atoms with Crippen LogP contribution in [0.4, 0.5) is 4.39 Å². The summed E-state index contributed by atoms with van der Waals surface area (Å²) in [5, 5.41) is 9.06. The predicted molar refractivity (Wildman–Crippen MR) is 57.8 cm³/mol. The lowest BCUT2D eigenvalue weighted by molar-refractivity contribution is 0.0451. The third kappa shape index (κ3) is 1.75. The Bertz CT molecular complexity index is 417. The van der Waals surface area contributed by atoms with Crippen LogP contribution in [0, 0.1) is 5.82 Å². The zero-order chi connectivity index (χ0) is 11.7. The molecule has 1 unspecified atom stereocenters. The van der Waals surface area contributed by atoms with Gasteiger partial charge in [0.05, 0.1) is 5.56 Å². The molecular weight excluding hydrogens is 209 g/mol. The van der Waals surface area contributed by atoms with Crippen molar-refractivity contribution in [2.24, 2.45) is 0 Å². The van der Waals surface area contributed by atoms with Gasteiger partial charge in [0.2, 0.25) is 0 Å². The lowest BCUT2D eigenvalue weighted by Gasteiger charge is -2.40. The molecule has 0 saturated carbocycles. The summed E-state index contributed by atoms with van der Waals surface area (Å²) in [6.45, 7) is 2.70. The fourth-order valence-electron chi connectivity index (χ4n) is 1.96. The van der Waals surface area contributed by atoms with Crippen LogP contribution in [-0.4, -0.2) is 28.5 Å². The quantitative estimate of drug-likeness (QED) is 0.834. The topological polar surface area (TPSA) is 40.5 Å². The van der Waals surface area contributed by atoms with Crippen LogP contribution in [0.5, 0.6) is 5.75 Å². The smallest absolute Gasteiger partial charge is 0.257 e. The zero-order valence-electron chi connectivity index (χ0n) is 9.11. The Kier molecular flexibility index (Phi) is 2.81. The molecule has 0 aliphatic carbocycles. The number of likely N-dealkylation sites (tertiary alicyclic amines) is 1. The Labute approximate surface area is 93.5 Å². The molecule has 1 heterocycles. The first-order valence-corrected chi connectivity index (χ1v) is 5.43. The maximum Gasteiger partial charge on any atom is 0.257 e. The number of amides is 1. The van der Waals surface area contributed by atoms with E-state index in [9.17, 15) is 9.18 Å². The van der Waals surface area contributed by atoms with Gasteiger partial charge in [0.25, 0.3) is 5.91 Å². The van der Waals surface area contributed by atoms with E-state index in [1.54, 1.807) is 4.90 Å². The van der Waals surface area contributed by atoms with Crippen molar-refractivity contribution in [2.45, 2.75) is 25.8 Å². The summed E-state index contributed by atoms with van der Waals surface area (Å²) in [5.74, 6) is -1.10. The third-order valence-corrected chi connectivity index (χ3v) is 3.06. The molecule has 4 heteroatoms. The molecular formula is C12H14FNO2. The van der Waals surface area contributed by atoms with Crippen LogP contribution < -0.4 is 0 Å². The van der Waals surface area contributed by atoms with Crippen molar-refractivity contribution < 1.29 is 14.3 Å². The molecule has 1 aliphatic heterocycles. The number of rotatable bonds is 2. The first-order valence-electron chi connectivity index (χ1n) is 5.43. The van der Waals surface area contributed by atoms with Gasteiger partial charge in [-0.1, -0.05) is 6.92 Å². The third-order valence-electron chi connectivity index (χ3n) is 3.06. The number of benzene rings is 1. The lowest BCUT2D eigenvalue weighted by Crippen LogP contribution is -2.50. The molecule has 3 nitrogen and oxygen atoms in total. The van der Waals surface area contributed by atoms with Crippen LogP contribution in [0.1, 0.15) is 30.1 Å². The zero-order valence-corrected chi connectivity index (χ0v) is 9.11. The van der Waals surface area contributed by atoms with E-state index in [-0.39, 0.29) is 23.3 Å². The highest BCUT2D eigenvalue weighted by Gasteiger charge is 2.32. The van der Waals surface area contributed by atoms with E-state index in [2.05, 4.69) is 0 Å². The molecule has 2 rings (SSSR count). The number of halogens is 1. The molecule has 1 amide bonds. The number of carbonyl (C=O) groups is 1. The van der Waals surface area contributed by atoms with Gasteiger partial charge in [0.1, 0.15) is 11.6 Å². The molecule has 0 bridgehead atoms. The fraction of sp³-hybridized carbons (Fsp3) is 0.417. The van der Waals surface area contributed by atoms with E-state index in [4.69, 9.17) is 5.11 Å². The molecule has 86 valence electrons. The van der Waals surface area contributed by atoms with Gasteiger partial charge in [-0.05, 0) is 25.0 Å². The van der Waals surface area contributed by atoms with Crippen molar-refractivity contribution in [1.29, 1.82) is 0 Å². The van der Waals surface area contributed by atoms with E-state index >= 15 is 0 Å². The van der Waals surface area contributed by atoms with Crippen molar-refractivity contribution in [2.75, 3.05) is 6.54 Å². The highest BCUT2D eigenvalue weighted by molar-refractivity contribution is 5.95. The van der Waals surface area contributed by atoms with Crippen LogP contribution in [0.3, 0.4) is 0 Å². The minimum absolute atomic E-state index is 0.0379. The fourth-order valence-corrected chi connectivity index (χ4v) is 1.96. The molecule has 0 spiro atoms. The second-order valence-electron chi connectivity index (χ2n) is 4.01. The van der Waals surface area contributed by atoms with Crippen LogP contribution in [0.15, 0.2) is 18.2 Å². The molecule has 1 fully saturated rings. The van der Waals surface area contributed by atoms with Crippen LogP contribution in [-0.2, 0) is 0 Å². The second kappa shape index (κ2) is 4.12. The lowest BCUT2D eigenvalue weighted by atomic mass is 9.99. The average molecular weight is 223 g/mol. The van der Waals surface area contributed by atoms with E-state index in [1.165, 1.54) is 12.1 Å². The number of carbonyl (C=O) groups excluding carboxylic acids is 1. The minimum Gasteiger partial charge on any atom is -0.508 e. The Morgan fingerprint density at radius 1 is 1.62 bits per heavy atom. The summed E-state index contributed by atoms with van der Waals surface area (Å²) in [4.78, 5) is 13.6. The second-order valence-corrected chi connectivity index (χ2v) is 4.01. The Balaban J connectivity index is 2.21.